The van der Waals surface area contributed by atoms with Gasteiger partial charge in [-0.3, -0.25) is 0 Å². The summed E-state index contributed by atoms with van der Waals surface area (Å²) in [6.45, 7) is -9.50. The zero-order chi connectivity index (χ0) is 108. The number of pyridine rings is 8. The van der Waals surface area contributed by atoms with Gasteiger partial charge in [-0.1, -0.05) is 190 Å². The van der Waals surface area contributed by atoms with Gasteiger partial charge >= 0.3 is 0 Å². The first kappa shape index (κ1) is 80.7. The Morgan fingerprint density at radius 1 is 0.250 bits per heavy atom. The van der Waals surface area contributed by atoms with E-state index in [4.69, 9.17) is 26.0 Å². The number of aromatic nitrogens is 8. The maximum Gasteiger partial charge on any atom is 0.123 e. The quantitative estimate of drug-likeness (QED) is 0.0992. The molecular weight excluding hydrogens is 2380 g/mol. The molecule has 0 amide bonds. The molecule has 0 aliphatic heterocycles. The van der Waals surface area contributed by atoms with E-state index in [2.05, 4.69) is 120 Å². The molecule has 684 valence electrons. The van der Waals surface area contributed by atoms with E-state index in [1.165, 1.54) is 73.3 Å². The molecule has 0 N–H and O–H groups in total. The van der Waals surface area contributed by atoms with Crippen molar-refractivity contribution >= 4 is 0 Å². The molecule has 1 atom stereocenters. The first-order chi connectivity index (χ1) is 72.2. The predicted molar refractivity (Wildman–Crippen MR) is 537 cm³/mol. The van der Waals surface area contributed by atoms with E-state index in [1.807, 2.05) is 225 Å². The zero-order valence-electron chi connectivity index (χ0n) is 92.4. The van der Waals surface area contributed by atoms with Crippen LogP contribution in [0, 0.1) is 94.4 Å². The van der Waals surface area contributed by atoms with Crippen LogP contribution in [0.4, 0.5) is 8.78 Å². The molecule has 8 aromatic heterocycles. The van der Waals surface area contributed by atoms with Crippen LogP contribution < -0.4 is 0 Å². The number of nitrogens with zero attached hydrogens (tertiary/aromatic N) is 8. The van der Waals surface area contributed by atoms with Crippen LogP contribution in [0.3, 0.4) is 0 Å². The summed E-state index contributed by atoms with van der Waals surface area (Å²) in [6.07, 6.45) is 13.6. The maximum atomic E-state index is 13.3. The zero-order valence-corrected chi connectivity index (χ0v) is 82.9. The third-order valence-corrected chi connectivity index (χ3v) is 19.8. The first-order valence-electron chi connectivity index (χ1n) is 51.5. The van der Waals surface area contributed by atoms with Gasteiger partial charge in [0.05, 0.1) is 0 Å². The molecule has 8 heterocycles. The monoisotopic (exact) mass is 2500 g/mol. The molecule has 0 spiro atoms. The van der Waals surface area contributed by atoms with E-state index in [9.17, 15) is 8.78 Å². The van der Waals surface area contributed by atoms with Crippen LogP contribution in [0.25, 0.3) is 135 Å². The maximum absolute atomic E-state index is 13.3. The van der Waals surface area contributed by atoms with Gasteiger partial charge in [0.1, 0.15) is 11.6 Å². The fraction of sp³-hybridized carbons (Fsp3) is 0.0820. The van der Waals surface area contributed by atoms with Gasteiger partial charge in [0.15, 0.2) is 0 Å². The standard InChI is InChI=1S/C20H17FN.C19H15FN.C18H14N.C17H12N.4C12H10N.4Ir/c1-14(2)18-12-20(16-6-4-3-5-7-16)22-13-19(18)15-8-10-17(21)11-9-15;1-2-14-12-19(16-6-4-3-5-7-16)21-13-18(14)15-8-10-17(20)11-9-15;1-14-7-9-15(10-8-14)17-11-12-18(19-13-17)16-5-3-2-4-6-16;1-3-7-14(8-4-1)16-11-12-17(18-13-16)15-9-5-2-6-10-15;4*1-10-7-8-12(13-9-10)11-5-3-2-4-6-11;;;;/h3-6,8-14H,1-2H3;3-6,8-13H,2H2,1H3;2-5,7-13H,1H3;1-9,11-13H;4*2-5,7-9H,1H3;;;;/q8*-1;;;;/i1D3,14D;;1D3;;4*1D3;;;;. The van der Waals surface area contributed by atoms with Crippen molar-refractivity contribution in [3.05, 3.63) is 531 Å². The van der Waals surface area contributed by atoms with E-state index in [0.29, 0.717) is 33.5 Å². The van der Waals surface area contributed by atoms with Crippen LogP contribution in [-0.2, 0) is 86.8 Å². The van der Waals surface area contributed by atoms with Gasteiger partial charge < -0.3 is 39.9 Å². The molecule has 14 heteroatoms. The molecule has 20 rings (SSSR count). The largest absolute Gasteiger partial charge is 0.304 e. The number of rotatable bonds is 14. The van der Waals surface area contributed by atoms with Gasteiger partial charge in [-0.25, -0.2) is 8.78 Å². The molecule has 8 nitrogen and oxygen atoms in total. The van der Waals surface area contributed by atoms with Gasteiger partial charge in [-0.2, -0.15) is 0 Å². The molecule has 1 unspecified atom stereocenters. The average molecular weight is 2500 g/mol. The van der Waals surface area contributed by atoms with Crippen LogP contribution in [0.1, 0.15) is 91.6 Å². The van der Waals surface area contributed by atoms with E-state index < -0.39 is 47.0 Å². The topological polar surface area (TPSA) is 103 Å². The van der Waals surface area contributed by atoms with Crippen molar-refractivity contribution in [3.63, 3.8) is 0 Å². The summed E-state index contributed by atoms with van der Waals surface area (Å²) in [5.41, 5.74) is 23.6. The second kappa shape index (κ2) is 56.5. The van der Waals surface area contributed by atoms with E-state index in [0.717, 1.165) is 113 Å². The van der Waals surface area contributed by atoms with E-state index in [1.54, 1.807) is 128 Å². The Bertz CT molecular complexity index is 7160. The van der Waals surface area contributed by atoms with Crippen LogP contribution in [-0.4, -0.2) is 39.9 Å². The molecule has 4 radical (unpaired) electrons. The predicted octanol–water partition coefficient (Wildman–Crippen LogP) is 30.6. The van der Waals surface area contributed by atoms with Crippen LogP contribution >= 0.6 is 0 Å². The smallest absolute Gasteiger partial charge is 0.123 e. The number of aryl methyl sites for hydroxylation is 6. The number of benzene rings is 12. The molecule has 0 aliphatic rings. The summed E-state index contributed by atoms with van der Waals surface area (Å²) in [5.74, 6) is -2.47. The Morgan fingerprint density at radius 2 is 0.500 bits per heavy atom. The number of halogens is 2. The third kappa shape index (κ3) is 32.8. The summed E-state index contributed by atoms with van der Waals surface area (Å²) in [6, 6.07) is 139. The van der Waals surface area contributed by atoms with Crippen molar-refractivity contribution in [2.45, 2.75) is 67.3 Å². The fourth-order valence-corrected chi connectivity index (χ4v) is 13.0. The van der Waals surface area contributed by atoms with Crippen LogP contribution in [0.5, 0.6) is 0 Å². The van der Waals surface area contributed by atoms with E-state index >= 15 is 0 Å². The Labute approximate surface area is 881 Å². The minimum atomic E-state index is -2.54. The Balaban J connectivity index is 0.000000196. The Kier molecular flexibility index (Phi) is 33.5. The SMILES string of the molecule is CCc1cc(-c2[c-]cccc2)ncc1-c1ccc(F)cc1.[2H]C([2H])([2H])C([2H])(C)c1cc(-c2[c-]cccc2)ncc1-c1ccc(F)cc1.[2H]C([2H])([2H])c1ccc(-c2[c-]cccc2)nc1.[2H]C([2H])([2H])c1ccc(-c2[c-]cccc2)nc1.[2H]C([2H])([2H])c1ccc(-c2[c-]cccc2)nc1.[2H]C([2H])([2H])c1ccc(-c2[c-]cccc2)nc1.[2H]C([2H])([2H])c1ccc(-c2ccc(-c3[c-]cccc3)nc2)cc1.[Ir].[Ir].[Ir].[Ir].[c-]1ccccc1-c1ccc(-c2ccccc2)cn1. The molecule has 12 aromatic carbocycles. The summed E-state index contributed by atoms with van der Waals surface area (Å²) >= 11 is 0. The van der Waals surface area contributed by atoms with Crippen molar-refractivity contribution in [1.29, 1.82) is 0 Å². The van der Waals surface area contributed by atoms with Crippen molar-refractivity contribution in [3.8, 4) is 135 Å². The van der Waals surface area contributed by atoms with E-state index in [-0.39, 0.29) is 114 Å². The molecule has 0 fully saturated rings. The minimum absolute atomic E-state index is 0. The molecule has 20 aromatic rings. The van der Waals surface area contributed by atoms with Crippen molar-refractivity contribution in [1.82, 2.24) is 39.9 Å². The number of hydrogen-bond acceptors (Lipinski definition) is 8. The van der Waals surface area contributed by atoms with Crippen LogP contribution in [0.15, 0.2) is 432 Å². The normalized spacial score (nSPS) is 13.0. The summed E-state index contributed by atoms with van der Waals surface area (Å²) in [7, 11) is 0. The molecule has 0 saturated carbocycles. The molecule has 0 saturated heterocycles. The molecule has 136 heavy (non-hydrogen) atoms. The third-order valence-electron chi connectivity index (χ3n) is 19.8. The van der Waals surface area contributed by atoms with Gasteiger partial charge in [0.2, 0.25) is 0 Å². The second-order valence-electron chi connectivity index (χ2n) is 29.1. The molecular formula is C122H98F2Ir4N8-8. The van der Waals surface area contributed by atoms with Gasteiger partial charge in [0, 0.05) is 167 Å². The van der Waals surface area contributed by atoms with Crippen molar-refractivity contribution in [2.75, 3.05) is 0 Å². The Hall–Kier alpha value is -13.7. The van der Waals surface area contributed by atoms with Crippen LogP contribution in [0.2, 0.25) is 0 Å². The van der Waals surface area contributed by atoms with Gasteiger partial charge in [-0.15, -0.1) is 287 Å². The Morgan fingerprint density at radius 3 is 0.772 bits per heavy atom. The fourth-order valence-electron chi connectivity index (χ4n) is 13.0. The summed E-state index contributed by atoms with van der Waals surface area (Å²) in [4.78, 5) is 34.4. The second-order valence-corrected chi connectivity index (χ2v) is 29.1. The van der Waals surface area contributed by atoms with Gasteiger partial charge in [0.25, 0.3) is 0 Å². The first-order valence-corrected chi connectivity index (χ1v) is 42.0. The minimum Gasteiger partial charge on any atom is -0.304 e. The van der Waals surface area contributed by atoms with Gasteiger partial charge in [-0.05, 0) is 183 Å². The summed E-state index contributed by atoms with van der Waals surface area (Å²) in [5, 5.41) is 0. The molecule has 0 bridgehead atoms. The van der Waals surface area contributed by atoms with Crippen molar-refractivity contribution < 1.29 is 115 Å². The average Bonchev–Trinajstić information content (AvgIpc) is 0.757. The van der Waals surface area contributed by atoms with Crippen molar-refractivity contribution in [2.24, 2.45) is 0 Å². The summed E-state index contributed by atoms with van der Waals surface area (Å²) < 4.78 is 167. The number of hydrogen-bond donors (Lipinski definition) is 0. The molecule has 0 aliphatic carbocycles.